The van der Waals surface area contributed by atoms with Gasteiger partial charge >= 0.3 is 0 Å². The summed E-state index contributed by atoms with van der Waals surface area (Å²) in [5, 5.41) is 14.7. The van der Waals surface area contributed by atoms with Crippen LogP contribution in [0.5, 0.6) is 0 Å². The lowest BCUT2D eigenvalue weighted by Gasteiger charge is -2.23. The normalized spacial score (nSPS) is 14.0. The third kappa shape index (κ3) is 12.3. The average Bonchev–Trinajstić information content (AvgIpc) is 1.56. The first-order chi connectivity index (χ1) is 62.4. The molecule has 0 fully saturated rings. The Kier molecular flexibility index (Phi) is 17.3. The Labute approximate surface area is 744 Å². The van der Waals surface area contributed by atoms with Gasteiger partial charge in [0.25, 0.3) is 0 Å². The molecule has 0 atom stereocenters. The van der Waals surface area contributed by atoms with Gasteiger partial charge in [0.15, 0.2) is 11.6 Å². The van der Waals surface area contributed by atoms with E-state index in [9.17, 15) is 0 Å². The van der Waals surface area contributed by atoms with Gasteiger partial charge in [-0.25, -0.2) is 29.9 Å². The minimum atomic E-state index is -0.129. The Morgan fingerprint density at radius 2 is 0.445 bits per heavy atom. The summed E-state index contributed by atoms with van der Waals surface area (Å²) < 4.78 is 0. The number of hydrogen-bond acceptors (Lipinski definition) is 6. The van der Waals surface area contributed by atoms with Crippen LogP contribution in [0.25, 0.3) is 210 Å². The molecule has 4 aliphatic rings. The number of fused-ring (bicyclic) bond motifs is 21. The highest BCUT2D eigenvalue weighted by Crippen LogP contribution is 2.56. The van der Waals surface area contributed by atoms with Gasteiger partial charge in [-0.2, -0.15) is 0 Å². The Hall–Kier alpha value is -15.5. The van der Waals surface area contributed by atoms with E-state index in [4.69, 9.17) is 29.9 Å². The van der Waals surface area contributed by atoms with Crippen molar-refractivity contribution in [3.63, 3.8) is 0 Å². The minimum absolute atomic E-state index is 0.0613. The molecule has 3 heterocycles. The van der Waals surface area contributed by atoms with E-state index in [-0.39, 0.29) is 21.7 Å². The van der Waals surface area contributed by atoms with E-state index < -0.39 is 0 Å². The molecule has 0 unspecified atom stereocenters. The summed E-state index contributed by atoms with van der Waals surface area (Å²) in [6.07, 6.45) is 0. The molecule has 0 saturated carbocycles. The number of hydrogen-bond donors (Lipinski definition) is 0. The van der Waals surface area contributed by atoms with Gasteiger partial charge in [-0.15, -0.1) is 0 Å². The first kappa shape index (κ1) is 76.2. The SMILES string of the molecule is CC1(C)c2cc(-c3nc(-c4ccc5c(c4)C(C)(C)c4cc6ccccc6cc4-5)c4ccccc4n3)ccc2-c2cc3ccccc3cc21.CC1(C)c2ccccc2-c2ccc(-c3nc(-c4ccc5c(c4)C(C)(C)c4ccccc4-5)c4ccccc4n3)cc21.c1ccc2cc(-c3ccc(-c4nc5ccccc5nc4-c4ccc5c(ccc6ccccc65)c4)cc3)ccc2c1. The summed E-state index contributed by atoms with van der Waals surface area (Å²) in [6.45, 7) is 18.7. The highest BCUT2D eigenvalue weighted by molar-refractivity contribution is 6.09. The summed E-state index contributed by atoms with van der Waals surface area (Å²) in [5.41, 5.74) is 37.4. The monoisotopic (exact) mass is 1640 g/mol. The van der Waals surface area contributed by atoms with Crippen molar-refractivity contribution in [2.45, 2.75) is 77.0 Å². The molecule has 128 heavy (non-hydrogen) atoms. The minimum Gasteiger partial charge on any atom is -0.244 e. The van der Waals surface area contributed by atoms with Gasteiger partial charge < -0.3 is 0 Å². The summed E-state index contributed by atoms with van der Waals surface area (Å²) in [5.74, 6) is 1.53. The predicted molar refractivity (Wildman–Crippen MR) is 534 cm³/mol. The third-order valence-electron chi connectivity index (χ3n) is 28.4. The van der Waals surface area contributed by atoms with Gasteiger partial charge in [-0.3, -0.25) is 0 Å². The second kappa shape index (κ2) is 29.0. The highest BCUT2D eigenvalue weighted by atomic mass is 14.9. The van der Waals surface area contributed by atoms with E-state index >= 15 is 0 Å². The Morgan fingerprint density at radius 3 is 0.945 bits per heavy atom. The lowest BCUT2D eigenvalue weighted by molar-refractivity contribution is 0.660. The maximum Gasteiger partial charge on any atom is 0.160 e. The van der Waals surface area contributed by atoms with E-state index in [1.165, 1.54) is 154 Å². The number of rotatable bonds is 7. The molecule has 0 aliphatic heterocycles. The molecule has 26 rings (SSSR count). The quantitative estimate of drug-likeness (QED) is 0.148. The molecular formula is C122H88N6. The summed E-state index contributed by atoms with van der Waals surface area (Å²) >= 11 is 0. The van der Waals surface area contributed by atoms with Crippen molar-refractivity contribution in [1.82, 2.24) is 29.9 Å². The van der Waals surface area contributed by atoms with Crippen LogP contribution in [0.2, 0.25) is 0 Å². The zero-order valence-corrected chi connectivity index (χ0v) is 72.6. The molecule has 606 valence electrons. The standard InChI is InChI=1S/C46H34N2.C38H30N2.C38H24N2/c1-45(2)38-25-31(17-19-33(38)36-21-27-11-5-7-13-29(27)23-40(36)45)43-35-15-9-10-16-42(35)47-44(48-43)32-18-20-34-37-22-28-12-6-8-14-30(28)24-41(37)46(3,4)39(34)26-32;1-37(2)30-14-8-5-11-25(30)27-19-17-23(21-32(27)37)35-29-13-7-10-16-34(29)39-36(40-35)24-18-20-28-26-12-6-9-15-31(26)38(3,4)33(28)22-24;1-2-9-29-23-30(19-15-25(29)7-1)26-13-17-28(18-14-26)37-38(40-36-12-6-5-11-35(36)39-37)32-21-22-34-31(24-32)20-16-27-8-3-4-10-33(27)34/h5-26H,1-4H3;5-22H,1-4H3;1-24H. The van der Waals surface area contributed by atoms with Gasteiger partial charge in [0.05, 0.1) is 44.8 Å². The smallest absolute Gasteiger partial charge is 0.160 e. The van der Waals surface area contributed by atoms with Gasteiger partial charge in [0, 0.05) is 65.8 Å². The number of para-hydroxylation sites is 4. The van der Waals surface area contributed by atoms with Crippen molar-refractivity contribution in [2.24, 2.45) is 0 Å². The van der Waals surface area contributed by atoms with Crippen molar-refractivity contribution in [1.29, 1.82) is 0 Å². The zero-order valence-electron chi connectivity index (χ0n) is 72.6. The molecule has 22 aromatic rings. The molecule has 3 aromatic heterocycles. The second-order valence-corrected chi connectivity index (χ2v) is 37.2. The topological polar surface area (TPSA) is 77.3 Å². The summed E-state index contributed by atoms with van der Waals surface area (Å²) in [4.78, 5) is 31.1. The summed E-state index contributed by atoms with van der Waals surface area (Å²) in [6, 6.07) is 140. The Balaban J connectivity index is 0.000000108. The first-order valence-corrected chi connectivity index (χ1v) is 44.6. The highest BCUT2D eigenvalue weighted by Gasteiger charge is 2.41. The second-order valence-electron chi connectivity index (χ2n) is 37.2. The molecule has 6 heteroatoms. The average molecular weight is 1640 g/mol. The van der Waals surface area contributed by atoms with E-state index in [0.29, 0.717) is 0 Å². The van der Waals surface area contributed by atoms with E-state index in [1.807, 2.05) is 24.3 Å². The lowest BCUT2D eigenvalue weighted by Crippen LogP contribution is -2.15. The zero-order chi connectivity index (χ0) is 86.1. The van der Waals surface area contributed by atoms with Crippen molar-refractivity contribution >= 4 is 86.7 Å². The van der Waals surface area contributed by atoms with Crippen LogP contribution in [0.3, 0.4) is 0 Å². The van der Waals surface area contributed by atoms with E-state index in [1.54, 1.807) is 0 Å². The molecule has 6 nitrogen and oxygen atoms in total. The largest absolute Gasteiger partial charge is 0.244 e. The van der Waals surface area contributed by atoms with Gasteiger partial charge in [0.1, 0.15) is 0 Å². The molecule has 0 bridgehead atoms. The number of nitrogens with zero attached hydrogens (tertiary/aromatic N) is 6. The van der Waals surface area contributed by atoms with Crippen LogP contribution in [0.4, 0.5) is 0 Å². The fourth-order valence-electron chi connectivity index (χ4n) is 21.4. The van der Waals surface area contributed by atoms with Crippen LogP contribution in [0.15, 0.2) is 388 Å². The van der Waals surface area contributed by atoms with Crippen LogP contribution < -0.4 is 0 Å². The number of aromatic nitrogens is 6. The summed E-state index contributed by atoms with van der Waals surface area (Å²) in [7, 11) is 0. The van der Waals surface area contributed by atoms with Gasteiger partial charge in [-0.1, -0.05) is 359 Å². The molecule has 0 N–H and O–H groups in total. The Morgan fingerprint density at radius 1 is 0.148 bits per heavy atom. The molecule has 0 spiro atoms. The van der Waals surface area contributed by atoms with Gasteiger partial charge in [-0.05, 0) is 239 Å². The molecule has 0 saturated heterocycles. The molecule has 0 radical (unpaired) electrons. The first-order valence-electron chi connectivity index (χ1n) is 44.6. The third-order valence-corrected chi connectivity index (χ3v) is 28.4. The van der Waals surface area contributed by atoms with Gasteiger partial charge in [0.2, 0.25) is 0 Å². The maximum absolute atomic E-state index is 5.36. The lowest BCUT2D eigenvalue weighted by atomic mass is 9.81. The van der Waals surface area contributed by atoms with Crippen LogP contribution in [0.1, 0.15) is 99.9 Å². The molecule has 19 aromatic carbocycles. The van der Waals surface area contributed by atoms with Crippen LogP contribution in [0, 0.1) is 0 Å². The fraction of sp³-hybridized carbons (Fsp3) is 0.0984. The van der Waals surface area contributed by atoms with E-state index in [0.717, 1.165) is 101 Å². The molecule has 4 aliphatic carbocycles. The maximum atomic E-state index is 5.36. The number of benzene rings is 19. The fourth-order valence-corrected chi connectivity index (χ4v) is 21.4. The van der Waals surface area contributed by atoms with Crippen molar-refractivity contribution in [3.8, 4) is 123 Å². The van der Waals surface area contributed by atoms with Crippen LogP contribution >= 0.6 is 0 Å². The van der Waals surface area contributed by atoms with Crippen molar-refractivity contribution in [2.75, 3.05) is 0 Å². The van der Waals surface area contributed by atoms with Crippen LogP contribution in [-0.4, -0.2) is 29.9 Å². The van der Waals surface area contributed by atoms with Crippen LogP contribution in [-0.2, 0) is 21.7 Å². The molecular weight excluding hydrogens is 1550 g/mol. The predicted octanol–water partition coefficient (Wildman–Crippen LogP) is 31.5. The van der Waals surface area contributed by atoms with Crippen molar-refractivity contribution in [3.05, 3.63) is 433 Å². The Bertz CT molecular complexity index is 8460. The van der Waals surface area contributed by atoms with E-state index in [2.05, 4.69) is 419 Å². The van der Waals surface area contributed by atoms with Crippen molar-refractivity contribution < 1.29 is 0 Å². The molecule has 0 amide bonds.